The minimum Gasteiger partial charge on any atom is -0.383 e. The first-order valence-electron chi connectivity index (χ1n) is 10.0. The van der Waals surface area contributed by atoms with Gasteiger partial charge in [-0.2, -0.15) is 0 Å². The summed E-state index contributed by atoms with van der Waals surface area (Å²) in [5.41, 5.74) is 9.02. The van der Waals surface area contributed by atoms with Gasteiger partial charge in [0.15, 0.2) is 11.5 Å². The second-order valence-corrected chi connectivity index (χ2v) is 9.56. The van der Waals surface area contributed by atoms with Gasteiger partial charge in [-0.25, -0.2) is 28.1 Å². The molecule has 0 spiro atoms. The Labute approximate surface area is 206 Å². The molecule has 3 aromatic heterocycles. The minimum absolute atomic E-state index is 0.294. The van der Waals surface area contributed by atoms with Crippen molar-refractivity contribution in [3.8, 4) is 11.4 Å². The van der Waals surface area contributed by atoms with Crippen LogP contribution in [0.3, 0.4) is 0 Å². The molecule has 1 aromatic carbocycles. The van der Waals surface area contributed by atoms with Gasteiger partial charge in [0.25, 0.3) is 0 Å². The van der Waals surface area contributed by atoms with Crippen LogP contribution < -0.4 is 10.5 Å². The summed E-state index contributed by atoms with van der Waals surface area (Å²) in [6, 6.07) is 13.8. The first kappa shape index (κ1) is 25.0. The van der Waals surface area contributed by atoms with E-state index in [0.29, 0.717) is 22.2 Å². The van der Waals surface area contributed by atoms with E-state index in [-0.39, 0.29) is 0 Å². The molecule has 4 aromatic rings. The Morgan fingerprint density at radius 2 is 1.88 bits per heavy atom. The number of hydrogen-bond acceptors (Lipinski definition) is 6. The van der Waals surface area contributed by atoms with Gasteiger partial charge in [0, 0.05) is 22.6 Å². The van der Waals surface area contributed by atoms with Gasteiger partial charge in [-0.15, -0.1) is 0 Å². The third-order valence-electron chi connectivity index (χ3n) is 4.62. The van der Waals surface area contributed by atoms with Gasteiger partial charge >= 0.3 is 0 Å². The Morgan fingerprint density at radius 1 is 1.15 bits per heavy atom. The smallest absolute Gasteiger partial charge is 0.240 e. The van der Waals surface area contributed by atoms with Gasteiger partial charge < -0.3 is 5.73 Å². The van der Waals surface area contributed by atoms with E-state index in [1.165, 1.54) is 7.05 Å². The molecule has 4 rings (SSSR count). The molecular formula is C24H23BrN6O2S. The standard InChI is InChI=1S/C17H14BrN5.C7H9NO2S/c1-3-6-12(4-2)23-16(13-7-5-8-20-15(13)19)22-14-9-11(18)10-21-17(14)23;1-8-11(9,10)7-5-3-2-4-6-7/h3-10H,1-2H2,(H2,19,20);2-6,8H,1H3/b12-6+;. The number of rotatable bonds is 6. The molecular weight excluding hydrogens is 516 g/mol. The molecule has 0 atom stereocenters. The number of nitrogens with two attached hydrogens (primary N) is 1. The minimum atomic E-state index is -3.25. The van der Waals surface area contributed by atoms with Gasteiger partial charge in [0.2, 0.25) is 10.0 Å². The number of nitrogens with zero attached hydrogens (tertiary/aromatic N) is 4. The fourth-order valence-corrected chi connectivity index (χ4v) is 4.11. The van der Waals surface area contributed by atoms with Crippen LogP contribution in [0.4, 0.5) is 5.82 Å². The summed E-state index contributed by atoms with van der Waals surface area (Å²) in [5, 5.41) is 0. The lowest BCUT2D eigenvalue weighted by atomic mass is 10.2. The zero-order valence-corrected chi connectivity index (χ0v) is 20.8. The van der Waals surface area contributed by atoms with Crippen molar-refractivity contribution in [1.29, 1.82) is 0 Å². The molecule has 0 aliphatic heterocycles. The highest BCUT2D eigenvalue weighted by Gasteiger charge is 2.18. The molecule has 0 bridgehead atoms. The maximum Gasteiger partial charge on any atom is 0.240 e. The van der Waals surface area contributed by atoms with Crippen LogP contribution in [-0.4, -0.2) is 35.0 Å². The third kappa shape index (κ3) is 5.48. The van der Waals surface area contributed by atoms with Crippen LogP contribution in [-0.2, 0) is 10.0 Å². The maximum absolute atomic E-state index is 11.1. The summed E-state index contributed by atoms with van der Waals surface area (Å²) in [5.74, 6) is 1.06. The first-order valence-corrected chi connectivity index (χ1v) is 12.3. The first-order chi connectivity index (χ1) is 16.3. The summed E-state index contributed by atoms with van der Waals surface area (Å²) >= 11 is 3.42. The number of fused-ring (bicyclic) bond motifs is 1. The number of hydrogen-bond donors (Lipinski definition) is 2. The van der Waals surface area contributed by atoms with E-state index in [2.05, 4.69) is 48.8 Å². The van der Waals surface area contributed by atoms with Crippen LogP contribution in [0.5, 0.6) is 0 Å². The lowest BCUT2D eigenvalue weighted by Gasteiger charge is -2.10. The van der Waals surface area contributed by atoms with E-state index >= 15 is 0 Å². The van der Waals surface area contributed by atoms with Crippen LogP contribution in [0.15, 0.2) is 102 Å². The zero-order chi connectivity index (χ0) is 24.7. The van der Waals surface area contributed by atoms with Crippen molar-refractivity contribution in [2.45, 2.75) is 4.90 Å². The number of halogens is 1. The van der Waals surface area contributed by atoms with Crippen molar-refractivity contribution in [1.82, 2.24) is 24.2 Å². The molecule has 0 radical (unpaired) electrons. The number of nitrogen functional groups attached to an aromatic ring is 1. The Bertz CT molecular complexity index is 1460. The van der Waals surface area contributed by atoms with Crippen LogP contribution in [0.1, 0.15) is 0 Å². The van der Waals surface area contributed by atoms with Crippen LogP contribution in [0.2, 0.25) is 0 Å². The molecule has 3 N–H and O–H groups in total. The van der Waals surface area contributed by atoms with E-state index in [4.69, 9.17) is 5.73 Å². The Kier molecular flexibility index (Phi) is 8.11. The largest absolute Gasteiger partial charge is 0.383 e. The van der Waals surface area contributed by atoms with Crippen LogP contribution in [0.25, 0.3) is 28.2 Å². The summed E-state index contributed by atoms with van der Waals surface area (Å²) in [6.07, 6.45) is 8.63. The van der Waals surface area contributed by atoms with Crippen molar-refractivity contribution in [3.05, 3.63) is 96.8 Å². The summed E-state index contributed by atoms with van der Waals surface area (Å²) < 4.78 is 27.2. The lowest BCUT2D eigenvalue weighted by Crippen LogP contribution is -2.18. The van der Waals surface area contributed by atoms with E-state index in [1.807, 2.05) is 28.8 Å². The van der Waals surface area contributed by atoms with Gasteiger partial charge in [-0.3, -0.25) is 4.57 Å². The topological polar surface area (TPSA) is 116 Å². The van der Waals surface area contributed by atoms with E-state index < -0.39 is 10.0 Å². The van der Waals surface area contributed by atoms with Crippen molar-refractivity contribution >= 4 is 48.6 Å². The number of benzene rings is 1. The highest BCUT2D eigenvalue weighted by Crippen LogP contribution is 2.31. The van der Waals surface area contributed by atoms with Crippen molar-refractivity contribution in [2.75, 3.05) is 12.8 Å². The summed E-state index contributed by atoms with van der Waals surface area (Å²) in [4.78, 5) is 13.6. The zero-order valence-electron chi connectivity index (χ0n) is 18.4. The number of imidazole rings is 1. The second kappa shape index (κ2) is 11.0. The highest BCUT2D eigenvalue weighted by atomic mass is 79.9. The van der Waals surface area contributed by atoms with Crippen molar-refractivity contribution in [2.24, 2.45) is 0 Å². The molecule has 0 saturated heterocycles. The predicted octanol–water partition coefficient (Wildman–Crippen LogP) is 4.65. The summed E-state index contributed by atoms with van der Waals surface area (Å²) in [6.45, 7) is 7.62. The summed E-state index contributed by atoms with van der Waals surface area (Å²) in [7, 11) is -1.86. The van der Waals surface area contributed by atoms with Crippen molar-refractivity contribution < 1.29 is 8.42 Å². The average Bonchev–Trinajstić information content (AvgIpc) is 3.21. The number of aromatic nitrogens is 4. The molecule has 8 nitrogen and oxygen atoms in total. The number of allylic oxidation sites excluding steroid dienone is 4. The molecule has 34 heavy (non-hydrogen) atoms. The molecule has 0 saturated carbocycles. The molecule has 0 unspecified atom stereocenters. The Morgan fingerprint density at radius 3 is 2.50 bits per heavy atom. The molecule has 0 fully saturated rings. The molecule has 0 amide bonds. The number of sulfonamides is 1. The molecule has 3 heterocycles. The molecule has 0 aliphatic carbocycles. The van der Waals surface area contributed by atoms with Crippen LogP contribution in [0, 0.1) is 0 Å². The van der Waals surface area contributed by atoms with E-state index in [9.17, 15) is 8.42 Å². The molecule has 174 valence electrons. The molecule has 10 heteroatoms. The van der Waals surface area contributed by atoms with E-state index in [1.54, 1.807) is 54.9 Å². The Hall–Kier alpha value is -3.60. The normalized spacial score (nSPS) is 11.5. The van der Waals surface area contributed by atoms with Gasteiger partial charge in [-0.1, -0.05) is 37.4 Å². The average molecular weight is 539 g/mol. The third-order valence-corrected chi connectivity index (χ3v) is 6.49. The quantitative estimate of drug-likeness (QED) is 0.345. The number of nitrogens with one attached hydrogen (secondary N) is 1. The second-order valence-electron chi connectivity index (χ2n) is 6.76. The number of anilines is 1. The van der Waals surface area contributed by atoms with Gasteiger partial charge in [-0.05, 0) is 65.5 Å². The molecule has 0 aliphatic rings. The highest BCUT2D eigenvalue weighted by molar-refractivity contribution is 9.10. The lowest BCUT2D eigenvalue weighted by molar-refractivity contribution is 0.588. The Balaban J connectivity index is 0.000000248. The predicted molar refractivity (Wildman–Crippen MR) is 140 cm³/mol. The fraction of sp³-hybridized carbons (Fsp3) is 0.0417. The van der Waals surface area contributed by atoms with E-state index in [0.717, 1.165) is 21.2 Å². The maximum atomic E-state index is 11.1. The van der Waals surface area contributed by atoms with Gasteiger partial charge in [0.1, 0.15) is 11.3 Å². The monoisotopic (exact) mass is 538 g/mol. The van der Waals surface area contributed by atoms with Crippen LogP contribution >= 0.6 is 15.9 Å². The SMILES string of the molecule is C=C/C=C(\C=C)n1c(-c2cccnc2N)nc2cc(Br)cnc21.CNS(=O)(=O)c1ccccc1. The van der Waals surface area contributed by atoms with Crippen molar-refractivity contribution in [3.63, 3.8) is 0 Å². The number of pyridine rings is 2. The van der Waals surface area contributed by atoms with Gasteiger partial charge in [0.05, 0.1) is 10.5 Å². The fourth-order valence-electron chi connectivity index (χ4n) is 3.04.